The van der Waals surface area contributed by atoms with Gasteiger partial charge in [0.1, 0.15) is 11.6 Å². The molecule has 0 saturated carbocycles. The van der Waals surface area contributed by atoms with Crippen molar-refractivity contribution in [2.45, 2.75) is 0 Å². The van der Waals surface area contributed by atoms with E-state index in [0.29, 0.717) is 0 Å². The van der Waals surface area contributed by atoms with Gasteiger partial charge in [-0.2, -0.15) is 5.26 Å². The number of nitrogens with one attached hydrogen (secondary N) is 1. The zero-order chi connectivity index (χ0) is 20.1. The molecule has 0 spiro atoms. The van der Waals surface area contributed by atoms with Gasteiger partial charge in [-0.1, -0.05) is 11.6 Å². The third kappa shape index (κ3) is 3.86. The first kappa shape index (κ1) is 19.8. The highest BCUT2D eigenvalue weighted by Crippen LogP contribution is 2.46. The Hall–Kier alpha value is -3.51. The summed E-state index contributed by atoms with van der Waals surface area (Å²) in [7, 11) is 3.83. The summed E-state index contributed by atoms with van der Waals surface area (Å²) >= 11 is 5.94. The van der Waals surface area contributed by atoms with Crippen LogP contribution in [0.1, 0.15) is 15.9 Å². The first-order valence-electron chi connectivity index (χ1n) is 7.36. The van der Waals surface area contributed by atoms with Gasteiger partial charge in [0.25, 0.3) is 5.91 Å². The minimum Gasteiger partial charge on any atom is -0.493 e. The van der Waals surface area contributed by atoms with Crippen molar-refractivity contribution >= 4 is 28.9 Å². The summed E-state index contributed by atoms with van der Waals surface area (Å²) in [5, 5.41) is 23.1. The predicted molar refractivity (Wildman–Crippen MR) is 96.9 cm³/mol. The molecular formula is C17H14ClN3O6. The maximum absolute atomic E-state index is 12.7. The number of halogens is 1. The molecule has 0 unspecified atom stereocenters. The lowest BCUT2D eigenvalue weighted by molar-refractivity contribution is -0.386. The van der Waals surface area contributed by atoms with Crippen LogP contribution in [0, 0.1) is 21.4 Å². The highest BCUT2D eigenvalue weighted by atomic mass is 35.5. The van der Waals surface area contributed by atoms with Crippen molar-refractivity contribution in [2.24, 2.45) is 0 Å². The van der Waals surface area contributed by atoms with E-state index in [1.807, 2.05) is 6.07 Å². The van der Waals surface area contributed by atoms with E-state index in [9.17, 15) is 14.9 Å². The van der Waals surface area contributed by atoms with E-state index in [1.54, 1.807) is 0 Å². The third-order valence-corrected chi connectivity index (χ3v) is 3.89. The number of nitrogens with zero attached hydrogens (tertiary/aromatic N) is 2. The molecule has 2 aromatic rings. The molecule has 1 N–H and O–H groups in total. The Morgan fingerprint density at radius 2 is 1.85 bits per heavy atom. The van der Waals surface area contributed by atoms with Crippen molar-refractivity contribution in [1.82, 2.24) is 0 Å². The molecule has 0 radical (unpaired) electrons. The van der Waals surface area contributed by atoms with Gasteiger partial charge < -0.3 is 19.5 Å². The number of hydrogen-bond acceptors (Lipinski definition) is 7. The summed E-state index contributed by atoms with van der Waals surface area (Å²) in [5.41, 5.74) is -0.386. The van der Waals surface area contributed by atoms with Crippen LogP contribution < -0.4 is 19.5 Å². The molecule has 0 heterocycles. The van der Waals surface area contributed by atoms with Crippen LogP contribution in [0.4, 0.5) is 11.4 Å². The van der Waals surface area contributed by atoms with Crippen LogP contribution in [0.5, 0.6) is 17.2 Å². The molecule has 2 aromatic carbocycles. The highest BCUT2D eigenvalue weighted by Gasteiger charge is 2.32. The van der Waals surface area contributed by atoms with E-state index in [2.05, 4.69) is 5.32 Å². The minimum atomic E-state index is -0.790. The molecule has 2 rings (SSSR count). The SMILES string of the molecule is COc1cc(C(=O)Nc2ccc(C#N)c(Cl)c2)c([N+](=O)[O-])c(OC)c1OC. The van der Waals surface area contributed by atoms with Gasteiger partial charge in [0.15, 0.2) is 5.75 Å². The van der Waals surface area contributed by atoms with Crippen LogP contribution in [0.2, 0.25) is 5.02 Å². The highest BCUT2D eigenvalue weighted by molar-refractivity contribution is 6.32. The average molecular weight is 392 g/mol. The summed E-state index contributed by atoms with van der Waals surface area (Å²) in [4.78, 5) is 23.5. The molecule has 0 aliphatic carbocycles. The Balaban J connectivity index is 2.56. The fourth-order valence-electron chi connectivity index (χ4n) is 2.38. The maximum Gasteiger partial charge on any atom is 0.327 e. The van der Waals surface area contributed by atoms with Gasteiger partial charge in [-0.25, -0.2) is 0 Å². The number of nitriles is 1. The lowest BCUT2D eigenvalue weighted by Gasteiger charge is -2.15. The van der Waals surface area contributed by atoms with E-state index in [-0.39, 0.29) is 39.1 Å². The van der Waals surface area contributed by atoms with Gasteiger partial charge in [0.05, 0.1) is 36.8 Å². The molecule has 1 amide bonds. The molecule has 0 aliphatic heterocycles. The summed E-state index contributed by atoms with van der Waals surface area (Å²) in [6.07, 6.45) is 0. The Labute approximate surface area is 159 Å². The minimum absolute atomic E-state index is 0.00957. The van der Waals surface area contributed by atoms with Crippen molar-refractivity contribution in [3.63, 3.8) is 0 Å². The summed E-state index contributed by atoms with van der Waals surface area (Å²) in [5.74, 6) is -0.959. The second-order valence-corrected chi connectivity index (χ2v) is 5.47. The van der Waals surface area contributed by atoms with Crippen LogP contribution in [0.3, 0.4) is 0 Å². The van der Waals surface area contributed by atoms with Gasteiger partial charge in [0.2, 0.25) is 11.5 Å². The number of amides is 1. The zero-order valence-electron chi connectivity index (χ0n) is 14.5. The van der Waals surface area contributed by atoms with Crippen molar-refractivity contribution in [2.75, 3.05) is 26.6 Å². The van der Waals surface area contributed by atoms with E-state index >= 15 is 0 Å². The summed E-state index contributed by atoms with van der Waals surface area (Å²) in [6, 6.07) is 7.31. The number of hydrogen-bond donors (Lipinski definition) is 1. The lowest BCUT2D eigenvalue weighted by atomic mass is 10.1. The van der Waals surface area contributed by atoms with Gasteiger partial charge >= 0.3 is 5.69 Å². The van der Waals surface area contributed by atoms with Crippen LogP contribution in [-0.4, -0.2) is 32.2 Å². The van der Waals surface area contributed by atoms with Crippen molar-refractivity contribution < 1.29 is 23.9 Å². The fraction of sp³-hybridized carbons (Fsp3) is 0.176. The van der Waals surface area contributed by atoms with Crippen molar-refractivity contribution in [3.8, 4) is 23.3 Å². The van der Waals surface area contributed by atoms with E-state index in [0.717, 1.165) is 0 Å². The number of carbonyl (C=O) groups excluding carboxylic acids is 1. The molecule has 0 aromatic heterocycles. The zero-order valence-corrected chi connectivity index (χ0v) is 15.3. The molecule has 0 aliphatic rings. The molecule has 0 saturated heterocycles. The molecule has 27 heavy (non-hydrogen) atoms. The standard InChI is InChI=1S/C17H14ClN3O6/c1-25-13-7-11(14(21(23)24)16(27-3)15(13)26-2)17(22)20-10-5-4-9(8-19)12(18)6-10/h4-7H,1-3H3,(H,20,22). The Kier molecular flexibility index (Phi) is 6.05. The predicted octanol–water partition coefficient (Wildman–Crippen LogP) is 3.40. The van der Waals surface area contributed by atoms with Crippen molar-refractivity contribution in [3.05, 3.63) is 50.5 Å². The first-order chi connectivity index (χ1) is 12.9. The number of nitro benzene ring substituents is 1. The van der Waals surface area contributed by atoms with E-state index < -0.39 is 16.5 Å². The molecule has 0 atom stereocenters. The van der Waals surface area contributed by atoms with Crippen LogP contribution in [-0.2, 0) is 0 Å². The number of rotatable bonds is 6. The van der Waals surface area contributed by atoms with E-state index in [1.165, 1.54) is 45.6 Å². The second-order valence-electron chi connectivity index (χ2n) is 5.06. The average Bonchev–Trinajstić information content (AvgIpc) is 2.65. The largest absolute Gasteiger partial charge is 0.493 e. The Bertz CT molecular complexity index is 955. The molecular weight excluding hydrogens is 378 g/mol. The molecule has 9 nitrogen and oxygen atoms in total. The third-order valence-electron chi connectivity index (χ3n) is 3.58. The van der Waals surface area contributed by atoms with Crippen LogP contribution >= 0.6 is 11.6 Å². The lowest BCUT2D eigenvalue weighted by Crippen LogP contribution is -2.15. The van der Waals surface area contributed by atoms with Gasteiger partial charge in [0, 0.05) is 11.8 Å². The molecule has 0 bridgehead atoms. The monoisotopic (exact) mass is 391 g/mol. The quantitative estimate of drug-likeness (QED) is 0.591. The topological polar surface area (TPSA) is 124 Å². The molecule has 140 valence electrons. The van der Waals surface area contributed by atoms with Gasteiger partial charge in [-0.15, -0.1) is 0 Å². The van der Waals surface area contributed by atoms with Crippen molar-refractivity contribution in [1.29, 1.82) is 5.26 Å². The number of methoxy groups -OCH3 is 3. The molecule has 10 heteroatoms. The first-order valence-corrected chi connectivity index (χ1v) is 7.74. The Morgan fingerprint density at radius 1 is 1.19 bits per heavy atom. The number of carbonyl (C=O) groups is 1. The van der Waals surface area contributed by atoms with Gasteiger partial charge in [-0.3, -0.25) is 14.9 Å². The van der Waals surface area contributed by atoms with Crippen LogP contribution in [0.15, 0.2) is 24.3 Å². The number of ether oxygens (including phenoxy) is 3. The molecule has 0 fully saturated rings. The van der Waals surface area contributed by atoms with Gasteiger partial charge in [-0.05, 0) is 18.2 Å². The number of benzene rings is 2. The smallest absolute Gasteiger partial charge is 0.327 e. The summed E-state index contributed by atoms with van der Waals surface area (Å²) in [6.45, 7) is 0. The fourth-order valence-corrected chi connectivity index (χ4v) is 2.60. The number of nitro groups is 1. The second kappa shape index (κ2) is 8.25. The van der Waals surface area contributed by atoms with Crippen LogP contribution in [0.25, 0.3) is 0 Å². The number of anilines is 1. The maximum atomic E-state index is 12.7. The Morgan fingerprint density at radius 3 is 2.33 bits per heavy atom. The summed E-state index contributed by atoms with van der Waals surface area (Å²) < 4.78 is 15.3. The van der Waals surface area contributed by atoms with E-state index in [4.69, 9.17) is 31.1 Å². The normalized spacial score (nSPS) is 9.89.